The number of carbonyl (C=O) groups is 2. The first kappa shape index (κ1) is 15.7. The monoisotopic (exact) mass is 280 g/mol. The minimum Gasteiger partial charge on any atom is -0.350 e. The van der Waals surface area contributed by atoms with E-state index in [1.807, 2.05) is 0 Å². The van der Waals surface area contributed by atoms with Gasteiger partial charge in [0.2, 0.25) is 0 Å². The van der Waals surface area contributed by atoms with Gasteiger partial charge < -0.3 is 21.0 Å². The van der Waals surface area contributed by atoms with Crippen molar-refractivity contribution in [3.63, 3.8) is 0 Å². The first-order valence-corrected chi connectivity index (χ1v) is 6.12. The number of aromatic nitrogens is 1. The zero-order valence-corrected chi connectivity index (χ0v) is 11.9. The molecule has 0 fully saturated rings. The van der Waals surface area contributed by atoms with Crippen LogP contribution < -0.4 is 21.9 Å². The van der Waals surface area contributed by atoms with Crippen LogP contribution in [0.3, 0.4) is 0 Å². The predicted octanol–water partition coefficient (Wildman–Crippen LogP) is -0.323. The van der Waals surface area contributed by atoms with Gasteiger partial charge in [-0.15, -0.1) is 0 Å². The number of urea groups is 1. The minimum absolute atomic E-state index is 0.208. The number of nitrogens with zero attached hydrogens (tertiary/aromatic N) is 2. The van der Waals surface area contributed by atoms with Gasteiger partial charge in [0.1, 0.15) is 0 Å². The summed E-state index contributed by atoms with van der Waals surface area (Å²) in [6, 6.07) is 1.48. The average molecular weight is 280 g/mol. The van der Waals surface area contributed by atoms with Crippen LogP contribution in [0.1, 0.15) is 16.1 Å². The molecule has 5 N–H and O–H groups in total. The SMILES string of the molecule is Cc1cc(NN)c(C(=O)NCCNC(=O)N(C)C)cn1. The van der Waals surface area contributed by atoms with Crippen molar-refractivity contribution in [2.24, 2.45) is 5.84 Å². The van der Waals surface area contributed by atoms with E-state index in [0.29, 0.717) is 24.3 Å². The highest BCUT2D eigenvalue weighted by Crippen LogP contribution is 2.13. The lowest BCUT2D eigenvalue weighted by Crippen LogP contribution is -2.39. The Labute approximate surface area is 117 Å². The number of hydrogen-bond donors (Lipinski definition) is 4. The Morgan fingerprint density at radius 1 is 1.30 bits per heavy atom. The molecule has 0 atom stereocenters. The highest BCUT2D eigenvalue weighted by Gasteiger charge is 2.11. The molecule has 1 heterocycles. The molecule has 0 aliphatic heterocycles. The first-order valence-electron chi connectivity index (χ1n) is 6.12. The summed E-state index contributed by atoms with van der Waals surface area (Å²) in [4.78, 5) is 28.7. The molecule has 3 amide bonds. The van der Waals surface area contributed by atoms with Crippen molar-refractivity contribution in [1.82, 2.24) is 20.5 Å². The van der Waals surface area contributed by atoms with Crippen LogP contribution in [-0.2, 0) is 0 Å². The molecule has 0 saturated carbocycles. The average Bonchev–Trinajstić information content (AvgIpc) is 2.42. The Hall–Kier alpha value is -2.35. The second kappa shape index (κ2) is 7.29. The number of rotatable bonds is 5. The molecule has 0 spiro atoms. The Kier molecular flexibility index (Phi) is 5.73. The molecular formula is C12H20N6O2. The molecule has 8 heteroatoms. The van der Waals surface area contributed by atoms with E-state index in [0.717, 1.165) is 5.69 Å². The van der Waals surface area contributed by atoms with Crippen LogP contribution in [0.15, 0.2) is 12.3 Å². The summed E-state index contributed by atoms with van der Waals surface area (Å²) in [5.41, 5.74) is 4.09. The van der Waals surface area contributed by atoms with Crippen molar-refractivity contribution in [2.45, 2.75) is 6.92 Å². The molecule has 110 valence electrons. The van der Waals surface area contributed by atoms with E-state index in [9.17, 15) is 9.59 Å². The van der Waals surface area contributed by atoms with E-state index in [-0.39, 0.29) is 11.9 Å². The molecule has 1 aromatic rings. The van der Waals surface area contributed by atoms with Crippen LogP contribution in [0.25, 0.3) is 0 Å². The summed E-state index contributed by atoms with van der Waals surface area (Å²) in [7, 11) is 3.29. The summed E-state index contributed by atoms with van der Waals surface area (Å²) >= 11 is 0. The maximum atomic E-state index is 11.9. The number of nitrogens with one attached hydrogen (secondary N) is 3. The third-order valence-corrected chi connectivity index (χ3v) is 2.53. The Balaban J connectivity index is 2.49. The van der Waals surface area contributed by atoms with Gasteiger partial charge in [-0.05, 0) is 13.0 Å². The fraction of sp³-hybridized carbons (Fsp3) is 0.417. The number of pyridine rings is 1. The molecule has 0 aromatic carbocycles. The Morgan fingerprint density at radius 2 is 1.95 bits per heavy atom. The Bertz CT molecular complexity index is 489. The van der Waals surface area contributed by atoms with Crippen molar-refractivity contribution in [3.05, 3.63) is 23.5 Å². The van der Waals surface area contributed by atoms with Crippen LogP contribution in [0, 0.1) is 6.92 Å². The number of nitrogens with two attached hydrogens (primary N) is 1. The van der Waals surface area contributed by atoms with Gasteiger partial charge in [-0.1, -0.05) is 0 Å². The molecule has 20 heavy (non-hydrogen) atoms. The highest BCUT2D eigenvalue weighted by atomic mass is 16.2. The molecule has 8 nitrogen and oxygen atoms in total. The second-order valence-corrected chi connectivity index (χ2v) is 4.40. The van der Waals surface area contributed by atoms with Crippen LogP contribution >= 0.6 is 0 Å². The van der Waals surface area contributed by atoms with E-state index in [4.69, 9.17) is 5.84 Å². The first-order chi connectivity index (χ1) is 9.45. The maximum Gasteiger partial charge on any atom is 0.316 e. The van der Waals surface area contributed by atoms with E-state index in [1.54, 1.807) is 27.1 Å². The third kappa shape index (κ3) is 4.39. The summed E-state index contributed by atoms with van der Waals surface area (Å²) in [5.74, 6) is 5.06. The summed E-state index contributed by atoms with van der Waals surface area (Å²) in [6.07, 6.45) is 1.46. The topological polar surface area (TPSA) is 112 Å². The van der Waals surface area contributed by atoms with Gasteiger partial charge in [0.25, 0.3) is 5.91 Å². The zero-order chi connectivity index (χ0) is 15.1. The largest absolute Gasteiger partial charge is 0.350 e. The number of anilines is 1. The molecule has 0 aliphatic carbocycles. The van der Waals surface area contributed by atoms with E-state index in [1.165, 1.54) is 11.1 Å². The fourth-order valence-corrected chi connectivity index (χ4v) is 1.46. The molecule has 0 radical (unpaired) electrons. The fourth-order valence-electron chi connectivity index (χ4n) is 1.46. The quantitative estimate of drug-likeness (QED) is 0.335. The van der Waals surface area contributed by atoms with Crippen molar-refractivity contribution in [1.29, 1.82) is 0 Å². The maximum absolute atomic E-state index is 11.9. The predicted molar refractivity (Wildman–Crippen MR) is 76.2 cm³/mol. The van der Waals surface area contributed by atoms with Gasteiger partial charge in [0, 0.05) is 39.1 Å². The van der Waals surface area contributed by atoms with Crippen LogP contribution in [-0.4, -0.2) is 49.0 Å². The van der Waals surface area contributed by atoms with Crippen LogP contribution in [0.5, 0.6) is 0 Å². The molecular weight excluding hydrogens is 260 g/mol. The van der Waals surface area contributed by atoms with E-state index in [2.05, 4.69) is 21.0 Å². The number of amides is 3. The number of hydrogen-bond acceptors (Lipinski definition) is 5. The van der Waals surface area contributed by atoms with Gasteiger partial charge >= 0.3 is 6.03 Å². The minimum atomic E-state index is -0.301. The summed E-state index contributed by atoms with van der Waals surface area (Å²) < 4.78 is 0. The van der Waals surface area contributed by atoms with Gasteiger partial charge in [-0.25, -0.2) is 4.79 Å². The summed E-state index contributed by atoms with van der Waals surface area (Å²) in [6.45, 7) is 2.46. The Morgan fingerprint density at radius 3 is 2.55 bits per heavy atom. The van der Waals surface area contributed by atoms with Gasteiger partial charge in [0.15, 0.2) is 0 Å². The lowest BCUT2D eigenvalue weighted by atomic mass is 10.2. The lowest BCUT2D eigenvalue weighted by molar-refractivity contribution is 0.0954. The standard InChI is InChI=1S/C12H20N6O2/c1-8-6-10(17-13)9(7-16-8)11(19)14-4-5-15-12(20)18(2)3/h6-7H,4-5,13H2,1-3H3,(H,14,19)(H,15,20)(H,16,17). The zero-order valence-electron chi connectivity index (χ0n) is 11.9. The van der Waals surface area contributed by atoms with Crippen molar-refractivity contribution in [3.8, 4) is 0 Å². The normalized spacial score (nSPS) is 9.80. The molecule has 0 bridgehead atoms. The van der Waals surface area contributed by atoms with Crippen LogP contribution in [0.4, 0.5) is 10.5 Å². The van der Waals surface area contributed by atoms with Crippen molar-refractivity contribution >= 4 is 17.6 Å². The molecule has 0 aliphatic rings. The molecule has 0 saturated heterocycles. The number of nitrogen functional groups attached to an aromatic ring is 1. The van der Waals surface area contributed by atoms with Gasteiger partial charge in [-0.3, -0.25) is 15.6 Å². The molecule has 0 unspecified atom stereocenters. The lowest BCUT2D eigenvalue weighted by Gasteiger charge is -2.13. The van der Waals surface area contributed by atoms with E-state index >= 15 is 0 Å². The molecule has 1 rings (SSSR count). The smallest absolute Gasteiger partial charge is 0.316 e. The summed E-state index contributed by atoms with van der Waals surface area (Å²) in [5, 5.41) is 5.32. The van der Waals surface area contributed by atoms with Gasteiger partial charge in [0.05, 0.1) is 11.3 Å². The highest BCUT2D eigenvalue weighted by molar-refractivity contribution is 5.99. The number of aryl methyl sites for hydroxylation is 1. The van der Waals surface area contributed by atoms with Crippen LogP contribution in [0.2, 0.25) is 0 Å². The van der Waals surface area contributed by atoms with Gasteiger partial charge in [-0.2, -0.15) is 0 Å². The van der Waals surface area contributed by atoms with Crippen molar-refractivity contribution < 1.29 is 9.59 Å². The number of carbonyl (C=O) groups excluding carboxylic acids is 2. The number of hydrazine groups is 1. The van der Waals surface area contributed by atoms with E-state index < -0.39 is 0 Å². The third-order valence-electron chi connectivity index (χ3n) is 2.53. The molecule has 1 aromatic heterocycles. The second-order valence-electron chi connectivity index (χ2n) is 4.40. The van der Waals surface area contributed by atoms with Crippen molar-refractivity contribution in [2.75, 3.05) is 32.6 Å².